The molecule has 0 bridgehead atoms. The predicted octanol–water partition coefficient (Wildman–Crippen LogP) is 3.26. The van der Waals surface area contributed by atoms with Gasteiger partial charge in [-0.3, -0.25) is 4.79 Å². The lowest BCUT2D eigenvalue weighted by Gasteiger charge is -2.23. The van der Waals surface area contributed by atoms with E-state index in [9.17, 15) is 4.79 Å². The number of amides is 1. The number of nitrogens with two attached hydrogens (primary N) is 1. The van der Waals surface area contributed by atoms with E-state index < -0.39 is 0 Å². The summed E-state index contributed by atoms with van der Waals surface area (Å²) in [5.41, 5.74) is 8.11. The molecule has 0 radical (unpaired) electrons. The first kappa shape index (κ1) is 15.7. The van der Waals surface area contributed by atoms with Crippen molar-refractivity contribution in [2.45, 2.75) is 46.1 Å². The minimum atomic E-state index is -0.0438. The second-order valence-electron chi connectivity index (χ2n) is 6.02. The van der Waals surface area contributed by atoms with Gasteiger partial charge in [0.2, 0.25) is 0 Å². The average molecular weight is 289 g/mol. The summed E-state index contributed by atoms with van der Waals surface area (Å²) in [5, 5.41) is 6.42. The zero-order chi connectivity index (χ0) is 15.4. The molecule has 0 heterocycles. The van der Waals surface area contributed by atoms with Gasteiger partial charge in [0, 0.05) is 24.0 Å². The lowest BCUT2D eigenvalue weighted by atomic mass is 9.93. The molecule has 1 aromatic rings. The van der Waals surface area contributed by atoms with E-state index in [4.69, 9.17) is 5.73 Å². The normalized spacial score (nSPS) is 24.8. The fourth-order valence-electron chi connectivity index (χ4n) is 3.36. The van der Waals surface area contributed by atoms with Crippen molar-refractivity contribution in [2.24, 2.45) is 11.8 Å². The maximum absolute atomic E-state index is 12.2. The molecule has 0 aromatic heterocycles. The Bertz CT molecular complexity index is 501. The Balaban J connectivity index is 2.19. The van der Waals surface area contributed by atoms with E-state index in [-0.39, 0.29) is 5.91 Å². The highest BCUT2D eigenvalue weighted by Gasteiger charge is 2.32. The van der Waals surface area contributed by atoms with Crippen molar-refractivity contribution in [3.8, 4) is 0 Å². The van der Waals surface area contributed by atoms with E-state index in [0.29, 0.717) is 29.8 Å². The molecular formula is C17H27N3O. The summed E-state index contributed by atoms with van der Waals surface area (Å²) in [5.74, 6) is 1.35. The van der Waals surface area contributed by atoms with Gasteiger partial charge in [0.25, 0.3) is 5.91 Å². The summed E-state index contributed by atoms with van der Waals surface area (Å²) in [6.45, 7) is 7.11. The Morgan fingerprint density at radius 2 is 2.10 bits per heavy atom. The highest BCUT2D eigenvalue weighted by molar-refractivity contribution is 6.00. The van der Waals surface area contributed by atoms with Crippen molar-refractivity contribution in [1.29, 1.82) is 0 Å². The highest BCUT2D eigenvalue weighted by Crippen LogP contribution is 2.36. The van der Waals surface area contributed by atoms with Gasteiger partial charge in [-0.2, -0.15) is 0 Å². The number of benzene rings is 1. The number of nitrogen functional groups attached to an aromatic ring is 1. The molecule has 0 spiro atoms. The molecule has 0 aliphatic heterocycles. The van der Waals surface area contributed by atoms with Crippen molar-refractivity contribution < 1.29 is 4.79 Å². The van der Waals surface area contributed by atoms with E-state index in [2.05, 4.69) is 24.5 Å². The molecule has 4 N–H and O–H groups in total. The molecule has 1 aliphatic rings. The first-order valence-electron chi connectivity index (χ1n) is 8.01. The van der Waals surface area contributed by atoms with Crippen molar-refractivity contribution >= 4 is 17.3 Å². The number of carbonyl (C=O) groups is 1. The molecule has 3 unspecified atom stereocenters. The van der Waals surface area contributed by atoms with E-state index in [1.165, 1.54) is 12.8 Å². The standard InChI is InChI=1S/C17H27N3O/c1-4-12-6-9-15(11(12)3)20-16-10-13(18)7-8-14(16)17(21)19-5-2/h7-8,10-12,15,20H,4-6,9,18H2,1-3H3,(H,19,21). The molecule has 116 valence electrons. The van der Waals surface area contributed by atoms with Crippen LogP contribution in [-0.4, -0.2) is 18.5 Å². The third-order valence-corrected chi connectivity index (χ3v) is 4.72. The summed E-state index contributed by atoms with van der Waals surface area (Å²) in [6, 6.07) is 5.88. The minimum Gasteiger partial charge on any atom is -0.399 e. The minimum absolute atomic E-state index is 0.0438. The van der Waals surface area contributed by atoms with Crippen molar-refractivity contribution in [3.05, 3.63) is 23.8 Å². The van der Waals surface area contributed by atoms with Crippen LogP contribution in [0.3, 0.4) is 0 Å². The van der Waals surface area contributed by atoms with Crippen molar-refractivity contribution in [2.75, 3.05) is 17.6 Å². The predicted molar refractivity (Wildman–Crippen MR) is 88.5 cm³/mol. The van der Waals surface area contributed by atoms with Crippen LogP contribution in [0.25, 0.3) is 0 Å². The molecule has 1 aliphatic carbocycles. The first-order chi connectivity index (χ1) is 10.1. The van der Waals surface area contributed by atoms with Crippen molar-refractivity contribution in [1.82, 2.24) is 5.32 Å². The lowest BCUT2D eigenvalue weighted by Crippen LogP contribution is -2.28. The molecule has 1 amide bonds. The number of hydrogen-bond acceptors (Lipinski definition) is 3. The maximum atomic E-state index is 12.2. The number of carbonyl (C=O) groups excluding carboxylic acids is 1. The second kappa shape index (κ2) is 6.83. The molecule has 1 aromatic carbocycles. The molecule has 1 saturated carbocycles. The maximum Gasteiger partial charge on any atom is 0.253 e. The summed E-state index contributed by atoms with van der Waals surface area (Å²) >= 11 is 0. The SMILES string of the molecule is CCNC(=O)c1ccc(N)cc1NC1CCC(CC)C1C. The molecular weight excluding hydrogens is 262 g/mol. The van der Waals surface area contributed by atoms with Crippen molar-refractivity contribution in [3.63, 3.8) is 0 Å². The smallest absolute Gasteiger partial charge is 0.253 e. The molecule has 4 nitrogen and oxygen atoms in total. The first-order valence-corrected chi connectivity index (χ1v) is 8.01. The van der Waals surface area contributed by atoms with Gasteiger partial charge in [-0.1, -0.05) is 20.3 Å². The molecule has 0 saturated heterocycles. The molecule has 2 rings (SSSR count). The van der Waals surface area contributed by atoms with Gasteiger partial charge in [-0.15, -0.1) is 0 Å². The van der Waals surface area contributed by atoms with Crippen LogP contribution in [0.5, 0.6) is 0 Å². The Morgan fingerprint density at radius 1 is 1.33 bits per heavy atom. The van der Waals surface area contributed by atoms with Gasteiger partial charge in [-0.05, 0) is 49.8 Å². The van der Waals surface area contributed by atoms with Crippen LogP contribution >= 0.6 is 0 Å². The summed E-state index contributed by atoms with van der Waals surface area (Å²) in [4.78, 5) is 12.2. The van der Waals surface area contributed by atoms with Gasteiger partial charge < -0.3 is 16.4 Å². The van der Waals surface area contributed by atoms with E-state index in [1.54, 1.807) is 12.1 Å². The number of nitrogens with one attached hydrogen (secondary N) is 2. The third kappa shape index (κ3) is 3.49. The van der Waals surface area contributed by atoms with E-state index in [1.807, 2.05) is 13.0 Å². The number of anilines is 2. The van der Waals surface area contributed by atoms with Crippen LogP contribution in [0, 0.1) is 11.8 Å². The Hall–Kier alpha value is -1.71. The monoisotopic (exact) mass is 289 g/mol. The fraction of sp³-hybridized carbons (Fsp3) is 0.588. The Kier molecular flexibility index (Phi) is 5.10. The topological polar surface area (TPSA) is 67.2 Å². The average Bonchev–Trinajstić information content (AvgIpc) is 2.80. The largest absolute Gasteiger partial charge is 0.399 e. The van der Waals surface area contributed by atoms with Crippen LogP contribution < -0.4 is 16.4 Å². The van der Waals surface area contributed by atoms with Crippen LogP contribution in [-0.2, 0) is 0 Å². The van der Waals surface area contributed by atoms with E-state index in [0.717, 1.165) is 18.0 Å². The molecule has 3 atom stereocenters. The van der Waals surface area contributed by atoms with Gasteiger partial charge in [0.1, 0.15) is 0 Å². The van der Waals surface area contributed by atoms with Gasteiger partial charge >= 0.3 is 0 Å². The second-order valence-corrected chi connectivity index (χ2v) is 6.02. The Labute approximate surface area is 127 Å². The number of rotatable bonds is 5. The van der Waals surface area contributed by atoms with Gasteiger partial charge in [0.05, 0.1) is 5.56 Å². The van der Waals surface area contributed by atoms with Crippen LogP contribution in [0.2, 0.25) is 0 Å². The van der Waals surface area contributed by atoms with Gasteiger partial charge in [0.15, 0.2) is 0 Å². The molecule has 1 fully saturated rings. The van der Waals surface area contributed by atoms with Crippen LogP contribution in [0.1, 0.15) is 50.4 Å². The highest BCUT2D eigenvalue weighted by atomic mass is 16.1. The summed E-state index contributed by atoms with van der Waals surface area (Å²) < 4.78 is 0. The quantitative estimate of drug-likeness (QED) is 0.729. The zero-order valence-electron chi connectivity index (χ0n) is 13.3. The lowest BCUT2D eigenvalue weighted by molar-refractivity contribution is 0.0956. The van der Waals surface area contributed by atoms with Crippen LogP contribution in [0.15, 0.2) is 18.2 Å². The summed E-state index contributed by atoms with van der Waals surface area (Å²) in [6.07, 6.45) is 3.64. The van der Waals surface area contributed by atoms with E-state index >= 15 is 0 Å². The summed E-state index contributed by atoms with van der Waals surface area (Å²) in [7, 11) is 0. The number of hydrogen-bond donors (Lipinski definition) is 3. The molecule has 21 heavy (non-hydrogen) atoms. The van der Waals surface area contributed by atoms with Crippen LogP contribution in [0.4, 0.5) is 11.4 Å². The molecule has 4 heteroatoms. The van der Waals surface area contributed by atoms with Gasteiger partial charge in [-0.25, -0.2) is 0 Å². The fourth-order valence-corrected chi connectivity index (χ4v) is 3.36. The third-order valence-electron chi connectivity index (χ3n) is 4.72. The Morgan fingerprint density at radius 3 is 2.71 bits per heavy atom. The zero-order valence-corrected chi connectivity index (χ0v) is 13.3.